The van der Waals surface area contributed by atoms with E-state index in [1.165, 1.54) is 5.56 Å². The van der Waals surface area contributed by atoms with E-state index >= 15 is 0 Å². The molecule has 0 aliphatic rings. The summed E-state index contributed by atoms with van der Waals surface area (Å²) in [6.07, 6.45) is 0. The van der Waals surface area contributed by atoms with Crippen LogP contribution in [0.3, 0.4) is 0 Å². The molecule has 0 aromatic heterocycles. The zero-order valence-corrected chi connectivity index (χ0v) is 13.6. The zero-order chi connectivity index (χ0) is 13.8. The first kappa shape index (κ1) is 15.5. The van der Waals surface area contributed by atoms with Gasteiger partial charge in [-0.1, -0.05) is 22.9 Å². The SMILES string of the molecule is Cc1cc(Br)ccc1OCC(C)CNC(C)(C)C. The number of nitrogens with one attached hydrogen (secondary N) is 1. The number of hydrogen-bond acceptors (Lipinski definition) is 2. The molecule has 2 nitrogen and oxygen atoms in total. The van der Waals surface area contributed by atoms with Gasteiger partial charge >= 0.3 is 0 Å². The maximum atomic E-state index is 5.86. The number of benzene rings is 1. The molecule has 0 aliphatic heterocycles. The molecule has 0 aliphatic carbocycles. The summed E-state index contributed by atoms with van der Waals surface area (Å²) in [4.78, 5) is 0. The fourth-order valence-electron chi connectivity index (χ4n) is 1.55. The molecule has 0 heterocycles. The van der Waals surface area contributed by atoms with Gasteiger partial charge in [-0.15, -0.1) is 0 Å². The standard InChI is InChI=1S/C15H24BrNO/c1-11(9-17-15(3,4)5)10-18-14-7-6-13(16)8-12(14)2/h6-8,11,17H,9-10H2,1-5H3. The summed E-state index contributed by atoms with van der Waals surface area (Å²) >= 11 is 3.46. The Kier molecular flexibility index (Phi) is 5.67. The Balaban J connectivity index is 2.40. The van der Waals surface area contributed by atoms with Crippen LogP contribution < -0.4 is 10.1 Å². The zero-order valence-electron chi connectivity index (χ0n) is 12.0. The molecule has 18 heavy (non-hydrogen) atoms. The van der Waals surface area contributed by atoms with Crippen LogP contribution in [0.4, 0.5) is 0 Å². The van der Waals surface area contributed by atoms with Crippen molar-refractivity contribution in [3.63, 3.8) is 0 Å². The second-order valence-electron chi connectivity index (χ2n) is 5.96. The summed E-state index contributed by atoms with van der Waals surface area (Å²) in [5, 5.41) is 3.49. The molecular weight excluding hydrogens is 290 g/mol. The Morgan fingerprint density at radius 2 is 2.00 bits per heavy atom. The first-order valence-electron chi connectivity index (χ1n) is 6.42. The quantitative estimate of drug-likeness (QED) is 0.881. The lowest BCUT2D eigenvalue weighted by Crippen LogP contribution is -2.39. The summed E-state index contributed by atoms with van der Waals surface area (Å²) in [7, 11) is 0. The van der Waals surface area contributed by atoms with Crippen molar-refractivity contribution >= 4 is 15.9 Å². The number of halogens is 1. The molecule has 0 spiro atoms. The first-order chi connectivity index (χ1) is 8.28. The van der Waals surface area contributed by atoms with Gasteiger partial charge in [0.2, 0.25) is 0 Å². The van der Waals surface area contributed by atoms with Crippen molar-refractivity contribution in [3.05, 3.63) is 28.2 Å². The highest BCUT2D eigenvalue weighted by molar-refractivity contribution is 9.10. The predicted octanol–water partition coefficient (Wildman–Crippen LogP) is 4.16. The fourth-order valence-corrected chi connectivity index (χ4v) is 2.02. The van der Waals surface area contributed by atoms with E-state index in [1.54, 1.807) is 0 Å². The van der Waals surface area contributed by atoms with E-state index < -0.39 is 0 Å². The van der Waals surface area contributed by atoms with Gasteiger partial charge in [-0.25, -0.2) is 0 Å². The minimum Gasteiger partial charge on any atom is -0.493 e. The summed E-state index contributed by atoms with van der Waals surface area (Å²) in [6, 6.07) is 6.11. The molecule has 1 rings (SSSR count). The van der Waals surface area contributed by atoms with Gasteiger partial charge in [0.05, 0.1) is 6.61 Å². The van der Waals surface area contributed by atoms with Crippen LogP contribution in [0.5, 0.6) is 5.75 Å². The predicted molar refractivity (Wildman–Crippen MR) is 81.3 cm³/mol. The topological polar surface area (TPSA) is 21.3 Å². The minimum absolute atomic E-state index is 0.168. The van der Waals surface area contributed by atoms with Crippen LogP contribution in [0.2, 0.25) is 0 Å². The van der Waals surface area contributed by atoms with E-state index in [9.17, 15) is 0 Å². The van der Waals surface area contributed by atoms with Gasteiger partial charge in [-0.3, -0.25) is 0 Å². The maximum absolute atomic E-state index is 5.86. The second kappa shape index (κ2) is 6.58. The van der Waals surface area contributed by atoms with Crippen LogP contribution in [0.15, 0.2) is 22.7 Å². The third-order valence-electron chi connectivity index (χ3n) is 2.64. The van der Waals surface area contributed by atoms with E-state index in [2.05, 4.69) is 61.9 Å². The van der Waals surface area contributed by atoms with Gasteiger partial charge < -0.3 is 10.1 Å². The van der Waals surface area contributed by atoms with Crippen LogP contribution >= 0.6 is 15.9 Å². The second-order valence-corrected chi connectivity index (χ2v) is 6.87. The molecule has 0 saturated carbocycles. The van der Waals surface area contributed by atoms with Crippen LogP contribution in [0, 0.1) is 12.8 Å². The summed E-state index contributed by atoms with van der Waals surface area (Å²) in [5.41, 5.74) is 1.34. The number of rotatable bonds is 5. The van der Waals surface area contributed by atoms with Crippen molar-refractivity contribution < 1.29 is 4.74 Å². The molecule has 1 aromatic carbocycles. The molecule has 3 heteroatoms. The monoisotopic (exact) mass is 313 g/mol. The molecule has 0 saturated heterocycles. The average Bonchev–Trinajstić information content (AvgIpc) is 2.24. The van der Waals surface area contributed by atoms with Crippen LogP contribution in [-0.2, 0) is 0 Å². The molecule has 102 valence electrons. The van der Waals surface area contributed by atoms with E-state index in [0.717, 1.165) is 23.4 Å². The average molecular weight is 314 g/mol. The third-order valence-corrected chi connectivity index (χ3v) is 3.13. The van der Waals surface area contributed by atoms with E-state index in [1.807, 2.05) is 12.1 Å². The van der Waals surface area contributed by atoms with E-state index in [4.69, 9.17) is 4.74 Å². The highest BCUT2D eigenvalue weighted by Crippen LogP contribution is 2.22. The van der Waals surface area contributed by atoms with Gasteiger partial charge in [0, 0.05) is 22.5 Å². The largest absolute Gasteiger partial charge is 0.493 e. The Labute approximate surface area is 119 Å². The lowest BCUT2D eigenvalue weighted by Gasteiger charge is -2.23. The van der Waals surface area contributed by atoms with Crippen molar-refractivity contribution in [2.24, 2.45) is 5.92 Å². The van der Waals surface area contributed by atoms with Gasteiger partial charge in [0.1, 0.15) is 5.75 Å². The van der Waals surface area contributed by atoms with Gasteiger partial charge in [0.25, 0.3) is 0 Å². The van der Waals surface area contributed by atoms with Gasteiger partial charge in [-0.2, -0.15) is 0 Å². The normalized spacial score (nSPS) is 13.4. The summed E-state index contributed by atoms with van der Waals surface area (Å²) < 4.78 is 6.95. The molecule has 0 radical (unpaired) electrons. The van der Waals surface area contributed by atoms with Crippen molar-refractivity contribution in [1.29, 1.82) is 0 Å². The summed E-state index contributed by atoms with van der Waals surface area (Å²) in [5.74, 6) is 1.47. The lowest BCUT2D eigenvalue weighted by atomic mass is 10.1. The van der Waals surface area contributed by atoms with Crippen LogP contribution in [-0.4, -0.2) is 18.7 Å². The molecule has 1 N–H and O–H groups in total. The highest BCUT2D eigenvalue weighted by Gasteiger charge is 2.11. The molecule has 0 fully saturated rings. The molecular formula is C15H24BrNO. The highest BCUT2D eigenvalue weighted by atomic mass is 79.9. The Hall–Kier alpha value is -0.540. The Morgan fingerprint density at radius 1 is 1.33 bits per heavy atom. The third kappa shape index (κ3) is 5.87. The van der Waals surface area contributed by atoms with Crippen LogP contribution in [0.1, 0.15) is 33.3 Å². The van der Waals surface area contributed by atoms with Crippen molar-refractivity contribution in [2.75, 3.05) is 13.2 Å². The lowest BCUT2D eigenvalue weighted by molar-refractivity contribution is 0.243. The maximum Gasteiger partial charge on any atom is 0.122 e. The fraction of sp³-hybridized carbons (Fsp3) is 0.600. The van der Waals surface area contributed by atoms with E-state index in [-0.39, 0.29) is 5.54 Å². The number of aryl methyl sites for hydroxylation is 1. The molecule has 0 amide bonds. The van der Waals surface area contributed by atoms with Crippen molar-refractivity contribution in [3.8, 4) is 5.75 Å². The Morgan fingerprint density at radius 3 is 2.56 bits per heavy atom. The molecule has 0 bridgehead atoms. The molecule has 1 aromatic rings. The van der Waals surface area contributed by atoms with Gasteiger partial charge in [-0.05, 0) is 51.5 Å². The smallest absolute Gasteiger partial charge is 0.122 e. The summed E-state index contributed by atoms with van der Waals surface area (Å²) in [6.45, 7) is 12.5. The van der Waals surface area contributed by atoms with Crippen molar-refractivity contribution in [2.45, 2.75) is 40.2 Å². The first-order valence-corrected chi connectivity index (χ1v) is 7.21. The minimum atomic E-state index is 0.168. The number of hydrogen-bond donors (Lipinski definition) is 1. The number of ether oxygens (including phenoxy) is 1. The molecule has 1 unspecified atom stereocenters. The van der Waals surface area contributed by atoms with Crippen LogP contribution in [0.25, 0.3) is 0 Å². The molecule has 1 atom stereocenters. The van der Waals surface area contributed by atoms with Gasteiger partial charge in [0.15, 0.2) is 0 Å². The van der Waals surface area contributed by atoms with Crippen molar-refractivity contribution in [1.82, 2.24) is 5.32 Å². The Bertz CT molecular complexity index is 385. The van der Waals surface area contributed by atoms with E-state index in [0.29, 0.717) is 5.92 Å².